The molecule has 0 spiro atoms. The standard InChI is InChI=1S/C14H12F3N3O.C5H10O/c1-7-4-9(14(15,16)17)5-11(21)12(7)10-3-2-8(6-18)13(19)20-10;1-2-4-6-5-3-1/h2-6,18,21H,1H3,(H2,19,20);1-5H2. The van der Waals surface area contributed by atoms with Crippen LogP contribution in [0.15, 0.2) is 24.3 Å². The van der Waals surface area contributed by atoms with E-state index in [4.69, 9.17) is 15.9 Å². The number of benzene rings is 1. The van der Waals surface area contributed by atoms with Crippen molar-refractivity contribution in [3.8, 4) is 17.0 Å². The van der Waals surface area contributed by atoms with Gasteiger partial charge in [0.15, 0.2) is 0 Å². The number of hydrogen-bond donors (Lipinski definition) is 3. The summed E-state index contributed by atoms with van der Waals surface area (Å²) in [5.74, 6) is -0.446. The van der Waals surface area contributed by atoms with Gasteiger partial charge in [0.1, 0.15) is 11.6 Å². The lowest BCUT2D eigenvalue weighted by Gasteiger charge is -2.13. The van der Waals surface area contributed by atoms with Crippen LogP contribution in [0.2, 0.25) is 0 Å². The van der Waals surface area contributed by atoms with Gasteiger partial charge in [-0.15, -0.1) is 0 Å². The third-order valence-corrected chi connectivity index (χ3v) is 4.09. The van der Waals surface area contributed by atoms with E-state index < -0.39 is 17.5 Å². The smallest absolute Gasteiger partial charge is 0.416 e. The summed E-state index contributed by atoms with van der Waals surface area (Å²) in [6.45, 7) is 3.45. The lowest BCUT2D eigenvalue weighted by Crippen LogP contribution is -2.06. The van der Waals surface area contributed by atoms with Gasteiger partial charge in [0.25, 0.3) is 0 Å². The molecule has 0 atom stereocenters. The van der Waals surface area contributed by atoms with Crippen LogP contribution in [0.5, 0.6) is 5.75 Å². The molecule has 0 bridgehead atoms. The molecule has 1 saturated heterocycles. The van der Waals surface area contributed by atoms with Crippen LogP contribution in [0.1, 0.15) is 36.0 Å². The van der Waals surface area contributed by atoms with Crippen molar-refractivity contribution in [2.45, 2.75) is 32.4 Å². The van der Waals surface area contributed by atoms with Gasteiger partial charge in [0.05, 0.1) is 11.3 Å². The van der Waals surface area contributed by atoms with Crippen molar-refractivity contribution in [2.24, 2.45) is 0 Å². The quantitative estimate of drug-likeness (QED) is 0.666. The molecule has 1 aromatic carbocycles. The molecule has 1 fully saturated rings. The number of halogens is 3. The van der Waals surface area contributed by atoms with Crippen molar-refractivity contribution < 1.29 is 23.0 Å². The Morgan fingerprint density at radius 3 is 2.26 bits per heavy atom. The highest BCUT2D eigenvalue weighted by Crippen LogP contribution is 2.38. The zero-order valence-electron chi connectivity index (χ0n) is 14.9. The van der Waals surface area contributed by atoms with Gasteiger partial charge >= 0.3 is 6.18 Å². The predicted molar refractivity (Wildman–Crippen MR) is 98.0 cm³/mol. The summed E-state index contributed by atoms with van der Waals surface area (Å²) < 4.78 is 43.1. The number of hydrogen-bond acceptors (Lipinski definition) is 5. The van der Waals surface area contributed by atoms with Crippen LogP contribution >= 0.6 is 0 Å². The number of phenols is 1. The summed E-state index contributed by atoms with van der Waals surface area (Å²) in [4.78, 5) is 4.01. The van der Waals surface area contributed by atoms with E-state index in [1.807, 2.05) is 0 Å². The van der Waals surface area contributed by atoms with Crippen molar-refractivity contribution in [1.82, 2.24) is 4.98 Å². The fourth-order valence-corrected chi connectivity index (χ4v) is 2.70. The first kappa shape index (κ1) is 20.7. The Labute approximate surface area is 155 Å². The fourth-order valence-electron chi connectivity index (χ4n) is 2.70. The number of aromatic nitrogens is 1. The highest BCUT2D eigenvalue weighted by atomic mass is 19.4. The molecule has 0 unspecified atom stereocenters. The number of alkyl halides is 3. The van der Waals surface area contributed by atoms with Crippen LogP contribution in [0.25, 0.3) is 11.3 Å². The van der Waals surface area contributed by atoms with Crippen LogP contribution in [-0.2, 0) is 10.9 Å². The van der Waals surface area contributed by atoms with Crippen LogP contribution in [0.3, 0.4) is 0 Å². The van der Waals surface area contributed by atoms with Crippen molar-refractivity contribution >= 4 is 12.0 Å². The molecule has 1 aromatic heterocycles. The minimum absolute atomic E-state index is 0.0706. The van der Waals surface area contributed by atoms with E-state index >= 15 is 0 Å². The summed E-state index contributed by atoms with van der Waals surface area (Å²) in [6, 6.07) is 4.61. The molecule has 2 heterocycles. The first-order valence-electron chi connectivity index (χ1n) is 8.50. The Morgan fingerprint density at radius 1 is 1.19 bits per heavy atom. The SMILES string of the molecule is C1CCOCC1.Cc1cc(C(F)(F)F)cc(O)c1-c1ccc(C=N)c(N)n1. The van der Waals surface area contributed by atoms with Gasteiger partial charge in [-0.2, -0.15) is 13.2 Å². The second kappa shape index (κ2) is 8.85. The van der Waals surface area contributed by atoms with E-state index in [2.05, 4.69) is 4.98 Å². The molecule has 0 amide bonds. The number of phenolic OH excluding ortho intramolecular Hbond substituents is 1. The molecule has 146 valence electrons. The molecule has 0 saturated carbocycles. The molecule has 0 radical (unpaired) electrons. The number of nitrogens with one attached hydrogen (secondary N) is 1. The highest BCUT2D eigenvalue weighted by Gasteiger charge is 2.32. The predicted octanol–water partition coefficient (Wildman–Crippen LogP) is 4.55. The largest absolute Gasteiger partial charge is 0.507 e. The molecular weight excluding hydrogens is 359 g/mol. The average molecular weight is 381 g/mol. The number of nitrogen functional groups attached to an aromatic ring is 1. The Bertz CT molecular complexity index is 769. The number of aromatic hydroxyl groups is 1. The zero-order valence-corrected chi connectivity index (χ0v) is 14.9. The maximum absolute atomic E-state index is 12.7. The number of aryl methyl sites for hydroxylation is 1. The molecule has 2 aromatic rings. The van der Waals surface area contributed by atoms with Gasteiger partial charge in [-0.3, -0.25) is 0 Å². The van der Waals surface area contributed by atoms with Gasteiger partial charge in [-0.1, -0.05) is 0 Å². The third kappa shape index (κ3) is 5.43. The first-order chi connectivity index (χ1) is 12.7. The second-order valence-electron chi connectivity index (χ2n) is 6.17. The number of rotatable bonds is 2. The van der Waals surface area contributed by atoms with Crippen molar-refractivity contribution in [3.63, 3.8) is 0 Å². The normalized spacial score (nSPS) is 14.2. The third-order valence-electron chi connectivity index (χ3n) is 4.09. The summed E-state index contributed by atoms with van der Waals surface area (Å²) >= 11 is 0. The topological polar surface area (TPSA) is 92.2 Å². The minimum atomic E-state index is -4.53. The van der Waals surface area contributed by atoms with E-state index in [9.17, 15) is 18.3 Å². The summed E-state index contributed by atoms with van der Waals surface area (Å²) in [5, 5.41) is 17.0. The lowest BCUT2D eigenvalue weighted by atomic mass is 10.00. The number of anilines is 1. The maximum atomic E-state index is 12.7. The zero-order chi connectivity index (χ0) is 20.0. The Kier molecular flexibility index (Phi) is 6.79. The van der Waals surface area contributed by atoms with E-state index in [1.54, 1.807) is 0 Å². The highest BCUT2D eigenvalue weighted by molar-refractivity contribution is 5.85. The van der Waals surface area contributed by atoms with Gasteiger partial charge in [0.2, 0.25) is 0 Å². The monoisotopic (exact) mass is 381 g/mol. The average Bonchev–Trinajstić information content (AvgIpc) is 2.62. The van der Waals surface area contributed by atoms with Crippen LogP contribution in [0.4, 0.5) is 19.0 Å². The number of pyridine rings is 1. The number of nitrogens with two attached hydrogens (primary N) is 1. The summed E-state index contributed by atoms with van der Waals surface area (Å²) in [6.07, 6.45) is 0.419. The lowest BCUT2D eigenvalue weighted by molar-refractivity contribution is -0.137. The van der Waals surface area contributed by atoms with Crippen molar-refractivity contribution in [3.05, 3.63) is 41.0 Å². The molecule has 4 N–H and O–H groups in total. The molecule has 1 aliphatic heterocycles. The van der Waals surface area contributed by atoms with E-state index in [-0.39, 0.29) is 22.6 Å². The van der Waals surface area contributed by atoms with Crippen LogP contribution < -0.4 is 5.73 Å². The molecule has 3 rings (SSSR count). The number of ether oxygens (including phenoxy) is 1. The van der Waals surface area contributed by atoms with Crippen molar-refractivity contribution in [2.75, 3.05) is 18.9 Å². The fraction of sp³-hybridized carbons (Fsp3) is 0.368. The molecule has 8 heteroatoms. The minimum Gasteiger partial charge on any atom is -0.507 e. The van der Waals surface area contributed by atoms with Gasteiger partial charge < -0.3 is 21.0 Å². The molecule has 5 nitrogen and oxygen atoms in total. The second-order valence-corrected chi connectivity index (χ2v) is 6.17. The Morgan fingerprint density at radius 2 is 1.85 bits per heavy atom. The molecule has 1 aliphatic rings. The van der Waals surface area contributed by atoms with Crippen LogP contribution in [0, 0.1) is 12.3 Å². The van der Waals surface area contributed by atoms with Gasteiger partial charge in [0, 0.05) is 30.6 Å². The Balaban J connectivity index is 0.000000369. The van der Waals surface area contributed by atoms with E-state index in [0.717, 1.165) is 25.5 Å². The molecular formula is C19H22F3N3O2. The molecule has 0 aliphatic carbocycles. The van der Waals surface area contributed by atoms with E-state index in [0.29, 0.717) is 11.6 Å². The maximum Gasteiger partial charge on any atom is 0.416 e. The van der Waals surface area contributed by atoms with Crippen molar-refractivity contribution in [1.29, 1.82) is 5.41 Å². The molecule has 27 heavy (non-hydrogen) atoms. The van der Waals surface area contributed by atoms with Gasteiger partial charge in [-0.05, 0) is 56.0 Å². The number of nitrogens with zero attached hydrogens (tertiary/aromatic N) is 1. The van der Waals surface area contributed by atoms with Crippen LogP contribution in [-0.4, -0.2) is 29.5 Å². The summed E-state index contributed by atoms with van der Waals surface area (Å²) in [7, 11) is 0. The summed E-state index contributed by atoms with van der Waals surface area (Å²) in [5.41, 5.74) is 5.78. The van der Waals surface area contributed by atoms with E-state index in [1.165, 1.54) is 38.3 Å². The van der Waals surface area contributed by atoms with Gasteiger partial charge in [-0.25, -0.2) is 4.98 Å². The first-order valence-corrected chi connectivity index (χ1v) is 8.50. The Hall–Kier alpha value is -2.61.